The molecule has 0 heterocycles. The second kappa shape index (κ2) is 6.71. The number of nitrogens with one attached hydrogen (secondary N) is 2. The van der Waals surface area contributed by atoms with E-state index < -0.39 is 0 Å². The van der Waals surface area contributed by atoms with Crippen LogP contribution in [0.4, 0.5) is 5.69 Å². The van der Waals surface area contributed by atoms with Crippen molar-refractivity contribution in [3.63, 3.8) is 0 Å². The van der Waals surface area contributed by atoms with Crippen molar-refractivity contribution in [1.82, 2.24) is 5.32 Å². The summed E-state index contributed by atoms with van der Waals surface area (Å²) in [4.78, 5) is 11.9. The van der Waals surface area contributed by atoms with Crippen molar-refractivity contribution in [3.05, 3.63) is 29.3 Å². The van der Waals surface area contributed by atoms with Crippen LogP contribution < -0.4 is 10.6 Å². The lowest BCUT2D eigenvalue weighted by molar-refractivity contribution is -0.116. The van der Waals surface area contributed by atoms with Crippen molar-refractivity contribution in [2.75, 3.05) is 11.9 Å². The normalized spacial score (nSPS) is 15.7. The summed E-state index contributed by atoms with van der Waals surface area (Å²) in [5, 5.41) is 6.45. The first-order valence-corrected chi connectivity index (χ1v) is 7.25. The summed E-state index contributed by atoms with van der Waals surface area (Å²) in [5.41, 5.74) is 3.27. The van der Waals surface area contributed by atoms with E-state index in [0.29, 0.717) is 12.5 Å². The Kier molecular flexibility index (Phi) is 4.97. The molecule has 1 amide bonds. The minimum atomic E-state index is 0.0949. The smallest absolute Gasteiger partial charge is 0.225 e. The minimum absolute atomic E-state index is 0.0949. The van der Waals surface area contributed by atoms with Crippen LogP contribution in [-0.2, 0) is 4.79 Å². The van der Waals surface area contributed by atoms with Crippen LogP contribution in [0, 0.1) is 13.8 Å². The number of amides is 1. The number of anilines is 1. The molecule has 1 aromatic carbocycles. The summed E-state index contributed by atoms with van der Waals surface area (Å²) >= 11 is 0. The monoisotopic (exact) mass is 260 g/mol. The maximum atomic E-state index is 11.9. The largest absolute Gasteiger partial charge is 0.326 e. The van der Waals surface area contributed by atoms with Crippen LogP contribution in [0.2, 0.25) is 0 Å². The SMILES string of the molecule is Cc1ccc(NC(=O)CCNC2CCCC2)c(C)c1. The zero-order chi connectivity index (χ0) is 13.7. The van der Waals surface area contributed by atoms with Gasteiger partial charge >= 0.3 is 0 Å². The van der Waals surface area contributed by atoms with Gasteiger partial charge < -0.3 is 10.6 Å². The van der Waals surface area contributed by atoms with Gasteiger partial charge in [-0.05, 0) is 38.3 Å². The van der Waals surface area contributed by atoms with Gasteiger partial charge in [0.25, 0.3) is 0 Å². The number of hydrogen-bond donors (Lipinski definition) is 2. The molecule has 0 spiro atoms. The Hall–Kier alpha value is -1.35. The van der Waals surface area contributed by atoms with Gasteiger partial charge in [0.2, 0.25) is 5.91 Å². The lowest BCUT2D eigenvalue weighted by Crippen LogP contribution is -2.29. The van der Waals surface area contributed by atoms with Crippen LogP contribution in [0.25, 0.3) is 0 Å². The summed E-state index contributed by atoms with van der Waals surface area (Å²) in [6.45, 7) is 4.87. The van der Waals surface area contributed by atoms with E-state index in [1.807, 2.05) is 19.1 Å². The van der Waals surface area contributed by atoms with Gasteiger partial charge in [0, 0.05) is 24.7 Å². The Labute approximate surface area is 115 Å². The molecule has 0 saturated heterocycles. The van der Waals surface area contributed by atoms with Crippen LogP contribution in [0.15, 0.2) is 18.2 Å². The van der Waals surface area contributed by atoms with Crippen molar-refractivity contribution in [2.45, 2.75) is 52.0 Å². The fourth-order valence-electron chi connectivity index (χ4n) is 2.69. The zero-order valence-electron chi connectivity index (χ0n) is 12.0. The van der Waals surface area contributed by atoms with Gasteiger partial charge in [-0.15, -0.1) is 0 Å². The highest BCUT2D eigenvalue weighted by molar-refractivity contribution is 5.91. The first kappa shape index (κ1) is 14.1. The lowest BCUT2D eigenvalue weighted by Gasteiger charge is -2.12. The molecule has 0 aliphatic heterocycles. The Morgan fingerprint density at radius 3 is 2.68 bits per heavy atom. The first-order chi connectivity index (χ1) is 9.15. The standard InChI is InChI=1S/C16H24N2O/c1-12-7-8-15(13(2)11-12)18-16(19)9-10-17-14-5-3-4-6-14/h7-8,11,14,17H,3-6,9-10H2,1-2H3,(H,18,19). The van der Waals surface area contributed by atoms with E-state index in [0.717, 1.165) is 17.8 Å². The molecule has 19 heavy (non-hydrogen) atoms. The van der Waals surface area contributed by atoms with Crippen LogP contribution in [0.3, 0.4) is 0 Å². The van der Waals surface area contributed by atoms with Gasteiger partial charge in [-0.1, -0.05) is 30.5 Å². The van der Waals surface area contributed by atoms with Crippen LogP contribution in [0.1, 0.15) is 43.2 Å². The predicted octanol–water partition coefficient (Wildman–Crippen LogP) is 3.16. The number of benzene rings is 1. The number of aryl methyl sites for hydroxylation is 2. The molecular formula is C16H24N2O. The Bertz CT molecular complexity index is 436. The molecule has 0 bridgehead atoms. The first-order valence-electron chi connectivity index (χ1n) is 7.25. The molecule has 1 aliphatic rings. The number of hydrogen-bond acceptors (Lipinski definition) is 2. The van der Waals surface area contributed by atoms with Crippen LogP contribution >= 0.6 is 0 Å². The van der Waals surface area contributed by atoms with E-state index in [4.69, 9.17) is 0 Å². The van der Waals surface area contributed by atoms with E-state index in [1.54, 1.807) is 0 Å². The number of carbonyl (C=O) groups is 1. The highest BCUT2D eigenvalue weighted by Crippen LogP contribution is 2.18. The fraction of sp³-hybridized carbons (Fsp3) is 0.562. The molecule has 0 atom stereocenters. The number of rotatable bonds is 5. The Balaban J connectivity index is 1.74. The van der Waals surface area contributed by atoms with Crippen molar-refractivity contribution in [3.8, 4) is 0 Å². The average molecular weight is 260 g/mol. The van der Waals surface area contributed by atoms with Gasteiger partial charge in [0.15, 0.2) is 0 Å². The van der Waals surface area contributed by atoms with Crippen LogP contribution in [0.5, 0.6) is 0 Å². The molecule has 104 valence electrons. The van der Waals surface area contributed by atoms with Gasteiger partial charge in [-0.2, -0.15) is 0 Å². The molecule has 0 radical (unpaired) electrons. The van der Waals surface area contributed by atoms with E-state index in [1.165, 1.54) is 31.2 Å². The fourth-order valence-corrected chi connectivity index (χ4v) is 2.69. The molecule has 3 nitrogen and oxygen atoms in total. The zero-order valence-corrected chi connectivity index (χ0v) is 12.0. The second-order valence-electron chi connectivity index (χ2n) is 5.55. The highest BCUT2D eigenvalue weighted by Gasteiger charge is 2.14. The summed E-state index contributed by atoms with van der Waals surface area (Å²) < 4.78 is 0. The van der Waals surface area contributed by atoms with Crippen molar-refractivity contribution >= 4 is 11.6 Å². The third-order valence-corrected chi connectivity index (χ3v) is 3.80. The van der Waals surface area contributed by atoms with Crippen molar-refractivity contribution in [2.24, 2.45) is 0 Å². The van der Waals surface area contributed by atoms with Crippen molar-refractivity contribution in [1.29, 1.82) is 0 Å². The minimum Gasteiger partial charge on any atom is -0.326 e. The number of carbonyl (C=O) groups excluding carboxylic acids is 1. The van der Waals surface area contributed by atoms with Gasteiger partial charge in [0.1, 0.15) is 0 Å². The maximum Gasteiger partial charge on any atom is 0.225 e. The molecule has 1 aliphatic carbocycles. The summed E-state index contributed by atoms with van der Waals surface area (Å²) in [7, 11) is 0. The molecule has 1 aromatic rings. The van der Waals surface area contributed by atoms with Gasteiger partial charge in [0.05, 0.1) is 0 Å². The molecule has 2 rings (SSSR count). The van der Waals surface area contributed by atoms with E-state index in [9.17, 15) is 4.79 Å². The molecule has 0 unspecified atom stereocenters. The molecular weight excluding hydrogens is 236 g/mol. The lowest BCUT2D eigenvalue weighted by atomic mass is 10.1. The Morgan fingerprint density at radius 2 is 2.00 bits per heavy atom. The van der Waals surface area contributed by atoms with Crippen LogP contribution in [-0.4, -0.2) is 18.5 Å². The summed E-state index contributed by atoms with van der Waals surface area (Å²) in [6, 6.07) is 6.73. The highest BCUT2D eigenvalue weighted by atomic mass is 16.1. The summed E-state index contributed by atoms with van der Waals surface area (Å²) in [6.07, 6.45) is 5.72. The average Bonchev–Trinajstić information content (AvgIpc) is 2.86. The molecule has 0 aromatic heterocycles. The van der Waals surface area contributed by atoms with Gasteiger partial charge in [-0.3, -0.25) is 4.79 Å². The van der Waals surface area contributed by atoms with E-state index in [2.05, 4.69) is 23.6 Å². The maximum absolute atomic E-state index is 11.9. The molecule has 2 N–H and O–H groups in total. The third kappa shape index (κ3) is 4.35. The molecule has 1 saturated carbocycles. The van der Waals surface area contributed by atoms with E-state index >= 15 is 0 Å². The molecule has 3 heteroatoms. The Morgan fingerprint density at radius 1 is 1.26 bits per heavy atom. The second-order valence-corrected chi connectivity index (χ2v) is 5.55. The van der Waals surface area contributed by atoms with Gasteiger partial charge in [-0.25, -0.2) is 0 Å². The topological polar surface area (TPSA) is 41.1 Å². The van der Waals surface area contributed by atoms with E-state index in [-0.39, 0.29) is 5.91 Å². The third-order valence-electron chi connectivity index (χ3n) is 3.80. The predicted molar refractivity (Wildman–Crippen MR) is 79.4 cm³/mol. The quantitative estimate of drug-likeness (QED) is 0.854. The summed E-state index contributed by atoms with van der Waals surface area (Å²) in [5.74, 6) is 0.0949. The molecule has 1 fully saturated rings. The van der Waals surface area contributed by atoms with Crippen molar-refractivity contribution < 1.29 is 4.79 Å².